The molecule has 6 heteroatoms. The second kappa shape index (κ2) is 6.14. The van der Waals surface area contributed by atoms with Crippen molar-refractivity contribution in [3.8, 4) is 6.07 Å². The van der Waals surface area contributed by atoms with Gasteiger partial charge < -0.3 is 4.90 Å². The summed E-state index contributed by atoms with van der Waals surface area (Å²) in [7, 11) is 0. The van der Waals surface area contributed by atoms with E-state index in [0.717, 1.165) is 11.1 Å². The molecule has 0 spiro atoms. The molecule has 29 heavy (non-hydrogen) atoms. The highest BCUT2D eigenvalue weighted by molar-refractivity contribution is 6.23. The molecule has 4 atom stereocenters. The molecule has 0 unspecified atom stereocenters. The van der Waals surface area contributed by atoms with E-state index < -0.39 is 17.9 Å². The third-order valence-electron chi connectivity index (χ3n) is 6.13. The summed E-state index contributed by atoms with van der Waals surface area (Å²) in [5, 5.41) is 9.81. The fourth-order valence-corrected chi connectivity index (χ4v) is 4.81. The molecule has 6 nitrogen and oxygen atoms in total. The third-order valence-corrected chi connectivity index (χ3v) is 6.13. The van der Waals surface area contributed by atoms with Crippen LogP contribution in [0.5, 0.6) is 0 Å². The van der Waals surface area contributed by atoms with Crippen LogP contribution < -0.4 is 4.90 Å². The molecule has 0 bridgehead atoms. The topological polar surface area (TPSA) is 81.5 Å². The quantitative estimate of drug-likeness (QED) is 0.588. The first-order chi connectivity index (χ1) is 14.0. The first-order valence-corrected chi connectivity index (χ1v) is 9.46. The number of hydrogen-bond donors (Lipinski definition) is 0. The minimum Gasteiger partial charge on any atom is -0.353 e. The Morgan fingerprint density at radius 3 is 2.38 bits per heavy atom. The number of nitrogens with zero attached hydrogens (tertiary/aromatic N) is 3. The standard InChI is InChI=1S/C23H17N3O3/c1-13(27)14-6-8-16(9-7-14)26-22(28)19-18(12-24)25-11-10-15-4-2-3-5-17(15)21(25)20(19)23(26)29/h2-11,18-21H,1H3/t18-,19+,20+,21-/m0/s1. The van der Waals surface area contributed by atoms with Crippen molar-refractivity contribution in [2.45, 2.75) is 19.0 Å². The van der Waals surface area contributed by atoms with Crippen molar-refractivity contribution >= 4 is 29.4 Å². The van der Waals surface area contributed by atoms with Gasteiger partial charge in [0.25, 0.3) is 0 Å². The Morgan fingerprint density at radius 2 is 1.69 bits per heavy atom. The monoisotopic (exact) mass is 383 g/mol. The van der Waals surface area contributed by atoms with Crippen LogP contribution in [-0.2, 0) is 9.59 Å². The van der Waals surface area contributed by atoms with Crippen molar-refractivity contribution in [1.29, 1.82) is 5.26 Å². The number of rotatable bonds is 2. The van der Waals surface area contributed by atoms with Gasteiger partial charge in [-0.15, -0.1) is 0 Å². The Labute approximate surface area is 167 Å². The van der Waals surface area contributed by atoms with Crippen LogP contribution in [0.4, 0.5) is 5.69 Å². The van der Waals surface area contributed by atoms with Crippen LogP contribution in [0.1, 0.15) is 34.5 Å². The summed E-state index contributed by atoms with van der Waals surface area (Å²) in [4.78, 5) is 41.3. The van der Waals surface area contributed by atoms with Gasteiger partial charge in [-0.2, -0.15) is 5.26 Å². The van der Waals surface area contributed by atoms with E-state index in [0.29, 0.717) is 11.3 Å². The largest absolute Gasteiger partial charge is 0.353 e. The average molecular weight is 383 g/mol. The van der Waals surface area contributed by atoms with Gasteiger partial charge in [0.2, 0.25) is 11.8 Å². The maximum Gasteiger partial charge on any atom is 0.240 e. The highest BCUT2D eigenvalue weighted by Gasteiger charge is 2.63. The van der Waals surface area contributed by atoms with E-state index in [1.165, 1.54) is 11.8 Å². The number of fused-ring (bicyclic) bond motifs is 5. The minimum atomic E-state index is -0.721. The molecule has 0 N–H and O–H groups in total. The molecule has 2 saturated heterocycles. The summed E-state index contributed by atoms with van der Waals surface area (Å²) in [6.45, 7) is 1.46. The fraction of sp³-hybridized carbons (Fsp3) is 0.217. The van der Waals surface area contributed by atoms with Crippen LogP contribution in [0.15, 0.2) is 54.7 Å². The van der Waals surface area contributed by atoms with E-state index in [1.54, 1.807) is 24.3 Å². The molecule has 0 aliphatic carbocycles. The molecule has 3 aliphatic rings. The number of ketones is 1. The van der Waals surface area contributed by atoms with Gasteiger partial charge in [0.05, 0.1) is 29.6 Å². The predicted octanol–water partition coefficient (Wildman–Crippen LogP) is 2.93. The van der Waals surface area contributed by atoms with Crippen LogP contribution in [-0.4, -0.2) is 28.5 Å². The summed E-state index contributed by atoms with van der Waals surface area (Å²) >= 11 is 0. The first-order valence-electron chi connectivity index (χ1n) is 9.46. The number of imide groups is 1. The van der Waals surface area contributed by atoms with E-state index in [4.69, 9.17) is 0 Å². The van der Waals surface area contributed by atoms with E-state index in [9.17, 15) is 19.6 Å². The zero-order chi connectivity index (χ0) is 20.3. The predicted molar refractivity (Wildman–Crippen MR) is 105 cm³/mol. The van der Waals surface area contributed by atoms with E-state index >= 15 is 0 Å². The van der Waals surface area contributed by atoms with Gasteiger partial charge in [0, 0.05) is 11.8 Å². The summed E-state index contributed by atoms with van der Waals surface area (Å²) in [5.74, 6) is -2.08. The molecule has 2 amide bonds. The number of nitriles is 1. The molecule has 2 aromatic rings. The molecule has 142 valence electrons. The molecule has 2 aromatic carbocycles. The van der Waals surface area contributed by atoms with Gasteiger partial charge in [-0.25, -0.2) is 4.90 Å². The minimum absolute atomic E-state index is 0.0849. The van der Waals surface area contributed by atoms with Gasteiger partial charge in [-0.1, -0.05) is 24.3 Å². The lowest BCUT2D eigenvalue weighted by Gasteiger charge is -2.33. The second-order valence-corrected chi connectivity index (χ2v) is 7.58. The van der Waals surface area contributed by atoms with Gasteiger partial charge in [-0.05, 0) is 48.4 Å². The Balaban J connectivity index is 1.59. The zero-order valence-electron chi connectivity index (χ0n) is 15.6. The maximum atomic E-state index is 13.4. The van der Waals surface area contributed by atoms with E-state index in [-0.39, 0.29) is 23.6 Å². The zero-order valence-corrected chi connectivity index (χ0v) is 15.6. The third kappa shape index (κ3) is 2.31. The lowest BCUT2D eigenvalue weighted by atomic mass is 9.85. The van der Waals surface area contributed by atoms with Gasteiger partial charge in [-0.3, -0.25) is 14.4 Å². The van der Waals surface area contributed by atoms with Crippen molar-refractivity contribution in [3.63, 3.8) is 0 Å². The number of Topliss-reactive ketones (excluding diaryl/α,β-unsaturated/α-hetero) is 1. The van der Waals surface area contributed by atoms with Crippen LogP contribution in [0.2, 0.25) is 0 Å². The average Bonchev–Trinajstić information content (AvgIpc) is 3.20. The van der Waals surface area contributed by atoms with Gasteiger partial charge in [0.15, 0.2) is 5.78 Å². The Kier molecular flexibility index (Phi) is 3.68. The van der Waals surface area contributed by atoms with Crippen molar-refractivity contribution in [2.24, 2.45) is 11.8 Å². The molecular formula is C23H17N3O3. The van der Waals surface area contributed by atoms with E-state index in [1.807, 2.05) is 41.4 Å². The van der Waals surface area contributed by atoms with Crippen LogP contribution in [0.3, 0.4) is 0 Å². The summed E-state index contributed by atoms with van der Waals surface area (Å²) in [6, 6.07) is 15.4. The number of carbonyl (C=O) groups is 3. The van der Waals surface area contributed by atoms with Crippen LogP contribution in [0, 0.1) is 23.2 Å². The molecule has 0 aromatic heterocycles. The lowest BCUT2D eigenvalue weighted by Crippen LogP contribution is -2.40. The van der Waals surface area contributed by atoms with Crippen molar-refractivity contribution < 1.29 is 14.4 Å². The smallest absolute Gasteiger partial charge is 0.240 e. The first kappa shape index (κ1) is 17.4. The molecule has 3 heterocycles. The van der Waals surface area contributed by atoms with Gasteiger partial charge in [0.1, 0.15) is 6.04 Å². The van der Waals surface area contributed by atoms with Crippen molar-refractivity contribution in [2.75, 3.05) is 4.90 Å². The summed E-state index contributed by atoms with van der Waals surface area (Å²) in [6.07, 6.45) is 3.75. The number of anilines is 1. The SMILES string of the molecule is CC(=O)c1ccc(N2C(=O)[C@@H]3[C@H](C2=O)[C@H](C#N)N2C=Cc4ccccc4[C@@H]32)cc1. The fourth-order valence-electron chi connectivity index (χ4n) is 4.81. The van der Waals surface area contributed by atoms with Crippen molar-refractivity contribution in [3.05, 3.63) is 71.4 Å². The molecule has 0 radical (unpaired) electrons. The Hall–Kier alpha value is -3.72. The lowest BCUT2D eigenvalue weighted by molar-refractivity contribution is -0.123. The number of hydrogen-bond acceptors (Lipinski definition) is 5. The number of amides is 2. The summed E-state index contributed by atoms with van der Waals surface area (Å²) < 4.78 is 0. The molecule has 0 saturated carbocycles. The van der Waals surface area contributed by atoms with Crippen LogP contribution >= 0.6 is 0 Å². The Morgan fingerprint density at radius 1 is 1.00 bits per heavy atom. The molecular weight excluding hydrogens is 366 g/mol. The van der Waals surface area contributed by atoms with Gasteiger partial charge >= 0.3 is 0 Å². The molecule has 5 rings (SSSR count). The van der Waals surface area contributed by atoms with E-state index in [2.05, 4.69) is 6.07 Å². The number of carbonyl (C=O) groups excluding carboxylic acids is 3. The van der Waals surface area contributed by atoms with Crippen LogP contribution in [0.25, 0.3) is 6.08 Å². The van der Waals surface area contributed by atoms with Crippen molar-refractivity contribution in [1.82, 2.24) is 4.90 Å². The highest BCUT2D eigenvalue weighted by Crippen LogP contribution is 2.52. The summed E-state index contributed by atoms with van der Waals surface area (Å²) in [5.41, 5.74) is 2.90. The highest BCUT2D eigenvalue weighted by atomic mass is 16.2. The maximum absolute atomic E-state index is 13.4. The normalized spacial score (nSPS) is 26.8. The molecule has 2 fully saturated rings. The Bertz CT molecular complexity index is 1130. The molecule has 3 aliphatic heterocycles. The number of benzene rings is 2. The second-order valence-electron chi connectivity index (χ2n) is 7.58.